The van der Waals surface area contributed by atoms with Crippen LogP contribution in [-0.4, -0.2) is 27.9 Å². The molecule has 0 amide bonds. The SMILES string of the molecule is Cc1ccc(N=C(NC#N)N/C(Cn2ccnc2)=C2/CC(C(F)(F)F)=CC=C2C(F)(F)F)c(Cl)c1. The van der Waals surface area contributed by atoms with Gasteiger partial charge in [0, 0.05) is 30.1 Å². The fraction of sp³-hybridized carbons (Fsp3) is 0.227. The van der Waals surface area contributed by atoms with Crippen LogP contribution in [0.25, 0.3) is 0 Å². The molecule has 0 saturated carbocycles. The van der Waals surface area contributed by atoms with Crippen molar-refractivity contribution in [3.05, 3.63) is 82.1 Å². The number of rotatable bonds is 4. The topological polar surface area (TPSA) is 78.0 Å². The number of nitrogens with one attached hydrogen (secondary N) is 2. The van der Waals surface area contributed by atoms with E-state index >= 15 is 0 Å². The summed E-state index contributed by atoms with van der Waals surface area (Å²) >= 11 is 6.17. The number of hydrogen-bond donors (Lipinski definition) is 2. The summed E-state index contributed by atoms with van der Waals surface area (Å²) in [6, 6.07) is 4.78. The van der Waals surface area contributed by atoms with Gasteiger partial charge in [0.15, 0.2) is 6.19 Å². The van der Waals surface area contributed by atoms with Crippen molar-refractivity contribution < 1.29 is 26.3 Å². The number of aryl methyl sites for hydroxylation is 1. The van der Waals surface area contributed by atoms with Gasteiger partial charge in [0.05, 0.1) is 29.2 Å². The molecule has 1 aromatic carbocycles. The van der Waals surface area contributed by atoms with Gasteiger partial charge in [0.25, 0.3) is 0 Å². The molecule has 2 N–H and O–H groups in total. The van der Waals surface area contributed by atoms with E-state index in [0.29, 0.717) is 12.2 Å². The third kappa shape index (κ3) is 6.66. The average Bonchev–Trinajstić information content (AvgIpc) is 3.27. The van der Waals surface area contributed by atoms with E-state index in [9.17, 15) is 26.3 Å². The molecule has 184 valence electrons. The maximum atomic E-state index is 13.8. The number of halogens is 7. The van der Waals surface area contributed by atoms with Crippen LogP contribution < -0.4 is 10.6 Å². The summed E-state index contributed by atoms with van der Waals surface area (Å²) in [5, 5.41) is 14.1. The highest BCUT2D eigenvalue weighted by atomic mass is 35.5. The summed E-state index contributed by atoms with van der Waals surface area (Å²) < 4.78 is 83.0. The highest BCUT2D eigenvalue weighted by molar-refractivity contribution is 6.33. The number of nitriles is 1. The maximum Gasteiger partial charge on any atom is 0.416 e. The Bertz CT molecular complexity index is 1250. The number of nitrogens with zero attached hydrogens (tertiary/aromatic N) is 4. The van der Waals surface area contributed by atoms with Gasteiger partial charge in [0.2, 0.25) is 5.96 Å². The lowest BCUT2D eigenvalue weighted by molar-refractivity contribution is -0.0981. The molecule has 0 fully saturated rings. The summed E-state index contributed by atoms with van der Waals surface area (Å²) in [4.78, 5) is 7.97. The third-order valence-electron chi connectivity index (χ3n) is 4.86. The van der Waals surface area contributed by atoms with Gasteiger partial charge in [-0.15, -0.1) is 0 Å². The van der Waals surface area contributed by atoms with Crippen molar-refractivity contribution in [2.24, 2.45) is 4.99 Å². The van der Waals surface area contributed by atoms with Gasteiger partial charge in [-0.25, -0.2) is 9.98 Å². The number of aromatic nitrogens is 2. The minimum atomic E-state index is -4.94. The summed E-state index contributed by atoms with van der Waals surface area (Å²) in [5.41, 5.74) is -2.33. The monoisotopic (exact) mass is 514 g/mol. The standard InChI is InChI=1S/C22H17ClF6N6/c1-13-2-5-18(17(23)8-13)33-20(32-11-30)34-19(10-35-7-6-31-12-35)15-9-14(21(24,25)26)3-4-16(15)22(27,28)29/h2-8,12H,9-10H2,1H3,(H2,32,33,34)/b19-15-. The van der Waals surface area contributed by atoms with Crippen LogP contribution in [-0.2, 0) is 6.54 Å². The van der Waals surface area contributed by atoms with E-state index in [-0.39, 0.29) is 28.9 Å². The van der Waals surface area contributed by atoms with Crippen LogP contribution >= 0.6 is 11.6 Å². The van der Waals surface area contributed by atoms with E-state index in [1.54, 1.807) is 25.2 Å². The molecule has 6 nitrogen and oxygen atoms in total. The average molecular weight is 515 g/mol. The van der Waals surface area contributed by atoms with Gasteiger partial charge >= 0.3 is 12.4 Å². The van der Waals surface area contributed by atoms with Crippen LogP contribution in [0.15, 0.2) is 76.5 Å². The Kier molecular flexibility index (Phi) is 7.60. The van der Waals surface area contributed by atoms with Gasteiger partial charge in [-0.2, -0.15) is 31.6 Å². The van der Waals surface area contributed by atoms with Gasteiger partial charge in [-0.05, 0) is 36.3 Å². The van der Waals surface area contributed by atoms with Crippen molar-refractivity contribution in [1.29, 1.82) is 5.26 Å². The second-order valence-electron chi connectivity index (χ2n) is 7.41. The zero-order valence-electron chi connectivity index (χ0n) is 18.0. The Morgan fingerprint density at radius 3 is 2.51 bits per heavy atom. The first kappa shape index (κ1) is 25.9. The number of guanidine groups is 1. The first-order chi connectivity index (χ1) is 16.4. The first-order valence-corrected chi connectivity index (χ1v) is 10.3. The Labute approximate surface area is 200 Å². The molecular formula is C22H17ClF6N6. The zero-order valence-corrected chi connectivity index (χ0v) is 18.7. The van der Waals surface area contributed by atoms with Crippen molar-refractivity contribution in [2.75, 3.05) is 0 Å². The molecule has 2 aromatic rings. The molecule has 0 aliphatic heterocycles. The molecule has 1 aromatic heterocycles. The number of hydrogen-bond acceptors (Lipinski definition) is 3. The highest BCUT2D eigenvalue weighted by Gasteiger charge is 2.43. The maximum absolute atomic E-state index is 13.8. The molecule has 1 aliphatic rings. The lowest BCUT2D eigenvalue weighted by atomic mass is 9.90. The molecule has 3 rings (SSSR count). The van der Waals surface area contributed by atoms with Gasteiger partial charge < -0.3 is 9.88 Å². The smallest absolute Gasteiger partial charge is 0.332 e. The molecule has 35 heavy (non-hydrogen) atoms. The molecule has 0 unspecified atom stereocenters. The van der Waals surface area contributed by atoms with Crippen LogP contribution in [0.4, 0.5) is 32.0 Å². The number of imidazole rings is 1. The van der Waals surface area contributed by atoms with Crippen LogP contribution in [0.5, 0.6) is 0 Å². The Morgan fingerprint density at radius 2 is 1.94 bits per heavy atom. The second kappa shape index (κ2) is 10.3. The van der Waals surface area contributed by atoms with Crippen LogP contribution in [0.2, 0.25) is 5.02 Å². The van der Waals surface area contributed by atoms with Gasteiger partial charge in [0.1, 0.15) is 0 Å². The number of aliphatic imine (C=N–C) groups is 1. The lowest BCUT2D eigenvalue weighted by Gasteiger charge is -2.26. The summed E-state index contributed by atoms with van der Waals surface area (Å²) in [7, 11) is 0. The summed E-state index contributed by atoms with van der Waals surface area (Å²) in [5.74, 6) is -0.328. The third-order valence-corrected chi connectivity index (χ3v) is 5.16. The van der Waals surface area contributed by atoms with Gasteiger partial charge in [-0.3, -0.25) is 5.32 Å². The normalized spacial score (nSPS) is 16.3. The molecule has 1 heterocycles. The largest absolute Gasteiger partial charge is 0.416 e. The minimum Gasteiger partial charge on any atom is -0.332 e. The fourth-order valence-corrected chi connectivity index (χ4v) is 3.52. The molecule has 0 radical (unpaired) electrons. The summed E-state index contributed by atoms with van der Waals surface area (Å²) in [6.07, 6.45) is -4.34. The number of alkyl halides is 6. The van der Waals surface area contributed by atoms with E-state index in [0.717, 1.165) is 5.56 Å². The van der Waals surface area contributed by atoms with E-state index < -0.39 is 35.5 Å². The van der Waals surface area contributed by atoms with Crippen molar-refractivity contribution >= 4 is 23.2 Å². The Hall–Kier alpha value is -3.72. The molecule has 1 aliphatic carbocycles. The van der Waals surface area contributed by atoms with Crippen LogP contribution in [0.1, 0.15) is 12.0 Å². The van der Waals surface area contributed by atoms with E-state index in [1.807, 2.05) is 0 Å². The Balaban J connectivity index is 2.15. The molecule has 13 heteroatoms. The predicted octanol–water partition coefficient (Wildman–Crippen LogP) is 5.83. The van der Waals surface area contributed by atoms with Crippen LogP contribution in [0.3, 0.4) is 0 Å². The fourth-order valence-electron chi connectivity index (χ4n) is 3.24. The van der Waals surface area contributed by atoms with Crippen molar-refractivity contribution in [3.8, 4) is 6.19 Å². The van der Waals surface area contributed by atoms with Gasteiger partial charge in [-0.1, -0.05) is 23.7 Å². The number of benzene rings is 1. The minimum absolute atomic E-state index is 0.181. The highest BCUT2D eigenvalue weighted by Crippen LogP contribution is 2.42. The van der Waals surface area contributed by atoms with E-state index in [2.05, 4.69) is 20.6 Å². The quantitative estimate of drug-likeness (QED) is 0.177. The molecule has 0 spiro atoms. The first-order valence-electron chi connectivity index (χ1n) is 9.89. The lowest BCUT2D eigenvalue weighted by Crippen LogP contribution is -2.36. The van der Waals surface area contributed by atoms with Crippen molar-refractivity contribution in [3.63, 3.8) is 0 Å². The Morgan fingerprint density at radius 1 is 1.20 bits per heavy atom. The number of allylic oxidation sites excluding steroid dienone is 6. The predicted molar refractivity (Wildman–Crippen MR) is 117 cm³/mol. The molecule has 0 saturated heterocycles. The van der Waals surface area contributed by atoms with Crippen LogP contribution in [0, 0.1) is 18.4 Å². The molecule has 0 atom stereocenters. The summed E-state index contributed by atoms with van der Waals surface area (Å²) in [6.45, 7) is 1.46. The van der Waals surface area contributed by atoms with E-state index in [1.165, 1.54) is 29.4 Å². The van der Waals surface area contributed by atoms with Crippen molar-refractivity contribution in [1.82, 2.24) is 20.2 Å². The van der Waals surface area contributed by atoms with E-state index in [4.69, 9.17) is 16.9 Å². The molecule has 0 bridgehead atoms. The zero-order chi connectivity index (χ0) is 25.8. The van der Waals surface area contributed by atoms with Crippen molar-refractivity contribution in [2.45, 2.75) is 32.2 Å². The second-order valence-corrected chi connectivity index (χ2v) is 7.82. The molecular weight excluding hydrogens is 498 g/mol.